The van der Waals surface area contributed by atoms with Crippen molar-refractivity contribution in [2.24, 2.45) is 0 Å². The number of nitrogens with zero attached hydrogens (tertiary/aromatic N) is 1. The Morgan fingerprint density at radius 3 is 2.58 bits per heavy atom. The molecule has 1 saturated heterocycles. The molecular weight excluding hydrogens is 356 g/mol. The third-order valence-electron chi connectivity index (χ3n) is 3.78. The molecule has 24 heavy (non-hydrogen) atoms. The van der Waals surface area contributed by atoms with Crippen LogP contribution in [-0.4, -0.2) is 51.0 Å². The van der Waals surface area contributed by atoms with E-state index in [4.69, 9.17) is 9.15 Å². The van der Waals surface area contributed by atoms with Gasteiger partial charge in [-0.05, 0) is 51.4 Å². The van der Waals surface area contributed by atoms with E-state index < -0.39 is 16.0 Å². The van der Waals surface area contributed by atoms with Gasteiger partial charge in [-0.3, -0.25) is 0 Å². The zero-order valence-electron chi connectivity index (χ0n) is 14.0. The maximum absolute atomic E-state index is 12.9. The Hall–Kier alpha value is -1.09. The van der Waals surface area contributed by atoms with Crippen LogP contribution in [0.2, 0.25) is 0 Å². The summed E-state index contributed by atoms with van der Waals surface area (Å²) in [6, 6.07) is 2.63. The molecule has 1 fully saturated rings. The van der Waals surface area contributed by atoms with E-state index in [1.807, 2.05) is 6.92 Å². The molecule has 1 aromatic rings. The second-order valence-corrected chi connectivity index (χ2v) is 7.26. The van der Waals surface area contributed by atoms with Crippen molar-refractivity contribution in [1.29, 1.82) is 0 Å². The Morgan fingerprint density at radius 1 is 1.33 bits per heavy atom. The van der Waals surface area contributed by atoms with E-state index in [0.717, 1.165) is 25.9 Å². The number of ether oxygens (including phenoxy) is 1. The molecule has 1 aliphatic heterocycles. The van der Waals surface area contributed by atoms with Crippen LogP contribution in [0.15, 0.2) is 21.6 Å². The first-order valence-electron chi connectivity index (χ1n) is 8.00. The summed E-state index contributed by atoms with van der Waals surface area (Å²) in [5.41, 5.74) is 0. The van der Waals surface area contributed by atoms with E-state index in [2.05, 4.69) is 5.32 Å². The SMILES string of the molecule is CCCN(C1CCNCC1)S(=O)(=O)c1ccc(C(=O)OCC)o1.Cl. The largest absolute Gasteiger partial charge is 0.460 e. The zero-order chi connectivity index (χ0) is 16.9. The average Bonchev–Trinajstić information content (AvgIpc) is 3.04. The number of carbonyl (C=O) groups excluding carboxylic acids is 1. The molecule has 0 aliphatic carbocycles. The number of halogens is 1. The Balaban J connectivity index is 0.00000288. The molecule has 9 heteroatoms. The predicted molar refractivity (Wildman–Crippen MR) is 92.0 cm³/mol. The third kappa shape index (κ3) is 4.72. The topological polar surface area (TPSA) is 88.9 Å². The number of carbonyl (C=O) groups is 1. The van der Waals surface area contributed by atoms with Gasteiger partial charge < -0.3 is 14.5 Å². The minimum atomic E-state index is -3.76. The first kappa shape index (κ1) is 21.0. The van der Waals surface area contributed by atoms with Gasteiger partial charge in [0.2, 0.25) is 10.9 Å². The number of rotatable bonds is 7. The van der Waals surface area contributed by atoms with Crippen LogP contribution in [0.1, 0.15) is 43.7 Å². The monoisotopic (exact) mass is 380 g/mol. The van der Waals surface area contributed by atoms with Gasteiger partial charge in [-0.15, -0.1) is 12.4 Å². The van der Waals surface area contributed by atoms with Crippen LogP contribution < -0.4 is 5.32 Å². The van der Waals surface area contributed by atoms with Crippen LogP contribution in [0.5, 0.6) is 0 Å². The summed E-state index contributed by atoms with van der Waals surface area (Å²) >= 11 is 0. The van der Waals surface area contributed by atoms with Crippen molar-refractivity contribution in [3.05, 3.63) is 17.9 Å². The Labute approximate surface area is 149 Å². The van der Waals surface area contributed by atoms with Gasteiger partial charge in [0, 0.05) is 12.6 Å². The molecule has 0 amide bonds. The van der Waals surface area contributed by atoms with Crippen molar-refractivity contribution in [3.8, 4) is 0 Å². The van der Waals surface area contributed by atoms with Crippen molar-refractivity contribution < 1.29 is 22.4 Å². The number of sulfonamides is 1. The highest BCUT2D eigenvalue weighted by Crippen LogP contribution is 2.24. The average molecular weight is 381 g/mol. The van der Waals surface area contributed by atoms with Crippen molar-refractivity contribution in [2.45, 2.75) is 44.2 Å². The maximum Gasteiger partial charge on any atom is 0.374 e. The fourth-order valence-corrected chi connectivity index (χ4v) is 4.39. The van der Waals surface area contributed by atoms with Crippen molar-refractivity contribution in [3.63, 3.8) is 0 Å². The number of hydrogen-bond donors (Lipinski definition) is 1. The molecule has 1 aromatic heterocycles. The molecule has 2 rings (SSSR count). The predicted octanol–water partition coefficient (Wildman–Crippen LogP) is 2.03. The van der Waals surface area contributed by atoms with E-state index in [-0.39, 0.29) is 35.9 Å². The number of piperidine rings is 1. The summed E-state index contributed by atoms with van der Waals surface area (Å²) in [6.07, 6.45) is 2.25. The quantitative estimate of drug-likeness (QED) is 0.728. The molecule has 7 nitrogen and oxygen atoms in total. The normalized spacial score (nSPS) is 16.0. The van der Waals surface area contributed by atoms with Gasteiger partial charge in [-0.1, -0.05) is 6.92 Å². The summed E-state index contributed by atoms with van der Waals surface area (Å²) in [6.45, 7) is 5.86. The molecule has 0 saturated carbocycles. The molecule has 0 aromatic carbocycles. The van der Waals surface area contributed by atoms with Crippen LogP contribution in [0.25, 0.3) is 0 Å². The highest BCUT2D eigenvalue weighted by Gasteiger charge is 2.34. The van der Waals surface area contributed by atoms with Gasteiger partial charge in [0.15, 0.2) is 0 Å². The molecule has 0 atom stereocenters. The maximum atomic E-state index is 12.9. The molecule has 1 aliphatic rings. The second-order valence-electron chi connectivity index (χ2n) is 5.44. The van der Waals surface area contributed by atoms with Gasteiger partial charge in [-0.2, -0.15) is 4.31 Å². The molecule has 2 heterocycles. The number of esters is 1. The highest BCUT2D eigenvalue weighted by atomic mass is 35.5. The van der Waals surface area contributed by atoms with Gasteiger partial charge in [0.25, 0.3) is 10.0 Å². The minimum absolute atomic E-state index is 0. The standard InChI is InChI=1S/C15H24N2O5S.ClH/c1-3-11-17(12-7-9-16-10-8-12)23(19,20)14-6-5-13(22-14)15(18)21-4-2;/h5-6,12,16H,3-4,7-11H2,1-2H3;1H. The lowest BCUT2D eigenvalue weighted by Gasteiger charge is -2.32. The van der Waals surface area contributed by atoms with Crippen LogP contribution in [-0.2, 0) is 14.8 Å². The Kier molecular flexibility index (Phi) is 8.21. The van der Waals surface area contributed by atoms with E-state index in [1.54, 1.807) is 6.92 Å². The molecule has 1 N–H and O–H groups in total. The molecule has 138 valence electrons. The lowest BCUT2D eigenvalue weighted by molar-refractivity contribution is 0.0483. The molecule has 0 spiro atoms. The smallest absolute Gasteiger partial charge is 0.374 e. The number of furan rings is 1. The molecular formula is C15H25ClN2O5S. The molecule has 0 radical (unpaired) electrons. The minimum Gasteiger partial charge on any atom is -0.460 e. The number of nitrogens with one attached hydrogen (secondary N) is 1. The van der Waals surface area contributed by atoms with Gasteiger partial charge in [0.1, 0.15) is 0 Å². The summed E-state index contributed by atoms with van der Waals surface area (Å²) < 4.78 is 37.3. The third-order valence-corrected chi connectivity index (χ3v) is 5.61. The van der Waals surface area contributed by atoms with E-state index >= 15 is 0 Å². The van der Waals surface area contributed by atoms with Crippen LogP contribution in [0.4, 0.5) is 0 Å². The fourth-order valence-electron chi connectivity index (χ4n) is 2.70. The van der Waals surface area contributed by atoms with Crippen molar-refractivity contribution >= 4 is 28.4 Å². The zero-order valence-corrected chi connectivity index (χ0v) is 15.6. The fraction of sp³-hybridized carbons (Fsp3) is 0.667. The van der Waals surface area contributed by atoms with Crippen molar-refractivity contribution in [1.82, 2.24) is 9.62 Å². The number of hydrogen-bond acceptors (Lipinski definition) is 6. The second kappa shape index (κ2) is 9.41. The summed E-state index contributed by atoms with van der Waals surface area (Å²) in [5.74, 6) is -0.745. The summed E-state index contributed by atoms with van der Waals surface area (Å²) in [5, 5.41) is 3.03. The van der Waals surface area contributed by atoms with E-state index in [9.17, 15) is 13.2 Å². The Morgan fingerprint density at radius 2 is 2.00 bits per heavy atom. The van der Waals surface area contributed by atoms with Gasteiger partial charge >= 0.3 is 5.97 Å². The lowest BCUT2D eigenvalue weighted by atomic mass is 10.1. The molecule has 0 unspecified atom stereocenters. The van der Waals surface area contributed by atoms with E-state index in [1.165, 1.54) is 16.4 Å². The van der Waals surface area contributed by atoms with Gasteiger partial charge in [-0.25, -0.2) is 13.2 Å². The van der Waals surface area contributed by atoms with Crippen molar-refractivity contribution in [2.75, 3.05) is 26.2 Å². The van der Waals surface area contributed by atoms with Gasteiger partial charge in [0.05, 0.1) is 6.61 Å². The van der Waals surface area contributed by atoms with Crippen LogP contribution in [0.3, 0.4) is 0 Å². The summed E-state index contributed by atoms with van der Waals surface area (Å²) in [7, 11) is -3.76. The van der Waals surface area contributed by atoms with Crippen LogP contribution in [0, 0.1) is 0 Å². The molecule has 0 bridgehead atoms. The summed E-state index contributed by atoms with van der Waals surface area (Å²) in [4.78, 5) is 11.6. The first-order valence-corrected chi connectivity index (χ1v) is 9.44. The van der Waals surface area contributed by atoms with E-state index in [0.29, 0.717) is 13.0 Å². The lowest BCUT2D eigenvalue weighted by Crippen LogP contribution is -2.46. The van der Waals surface area contributed by atoms with Crippen LogP contribution >= 0.6 is 12.4 Å². The highest BCUT2D eigenvalue weighted by molar-refractivity contribution is 7.89. The first-order chi connectivity index (χ1) is 11.0. The Bertz CT molecular complexity index is 626.